The van der Waals surface area contributed by atoms with Gasteiger partial charge < -0.3 is 10.4 Å². The third-order valence-corrected chi connectivity index (χ3v) is 2.73. The van der Waals surface area contributed by atoms with E-state index >= 15 is 0 Å². The van der Waals surface area contributed by atoms with E-state index in [1.165, 1.54) is 11.3 Å². The molecule has 4 nitrogen and oxygen atoms in total. The standard InChI is InChI=1S/C9H14N2O2S/c1-2-7(3-4-12)11-9(13)8-5-10-6-14-8/h5-7,12H,2-4H2,1H3,(H,11,13). The normalized spacial score (nSPS) is 12.4. The Morgan fingerprint density at radius 2 is 2.57 bits per heavy atom. The highest BCUT2D eigenvalue weighted by Gasteiger charge is 2.12. The molecule has 0 fully saturated rings. The monoisotopic (exact) mass is 214 g/mol. The van der Waals surface area contributed by atoms with E-state index in [4.69, 9.17) is 5.11 Å². The lowest BCUT2D eigenvalue weighted by Gasteiger charge is -2.14. The van der Waals surface area contributed by atoms with Gasteiger partial charge in [-0.15, -0.1) is 11.3 Å². The van der Waals surface area contributed by atoms with Crippen molar-refractivity contribution in [2.75, 3.05) is 6.61 Å². The number of hydrogen-bond acceptors (Lipinski definition) is 4. The summed E-state index contributed by atoms with van der Waals surface area (Å²) >= 11 is 1.32. The summed E-state index contributed by atoms with van der Waals surface area (Å²) in [7, 11) is 0. The molecule has 0 aromatic carbocycles. The molecule has 1 aromatic heterocycles. The molecule has 5 heteroatoms. The molecule has 0 radical (unpaired) electrons. The zero-order chi connectivity index (χ0) is 10.4. The fourth-order valence-corrected chi connectivity index (χ4v) is 1.64. The molecule has 1 amide bonds. The van der Waals surface area contributed by atoms with Gasteiger partial charge in [0.25, 0.3) is 5.91 Å². The number of nitrogens with zero attached hydrogens (tertiary/aromatic N) is 1. The molecule has 0 aliphatic heterocycles. The van der Waals surface area contributed by atoms with Crippen LogP contribution >= 0.6 is 11.3 Å². The average Bonchev–Trinajstić information content (AvgIpc) is 2.69. The van der Waals surface area contributed by atoms with Crippen molar-refractivity contribution in [1.82, 2.24) is 10.3 Å². The van der Waals surface area contributed by atoms with Gasteiger partial charge in [-0.3, -0.25) is 9.78 Å². The van der Waals surface area contributed by atoms with Gasteiger partial charge in [-0.25, -0.2) is 0 Å². The van der Waals surface area contributed by atoms with Crippen molar-refractivity contribution in [3.05, 3.63) is 16.6 Å². The molecular formula is C9H14N2O2S. The van der Waals surface area contributed by atoms with Gasteiger partial charge in [0.2, 0.25) is 0 Å². The van der Waals surface area contributed by atoms with Crippen LogP contribution in [0.25, 0.3) is 0 Å². The van der Waals surface area contributed by atoms with Gasteiger partial charge >= 0.3 is 0 Å². The van der Waals surface area contributed by atoms with Crippen molar-refractivity contribution in [3.8, 4) is 0 Å². The molecule has 14 heavy (non-hydrogen) atoms. The first-order chi connectivity index (χ1) is 6.77. The summed E-state index contributed by atoms with van der Waals surface area (Å²) in [5.74, 6) is -0.104. The summed E-state index contributed by atoms with van der Waals surface area (Å²) in [6.45, 7) is 2.08. The smallest absolute Gasteiger partial charge is 0.263 e. The van der Waals surface area contributed by atoms with Crippen LogP contribution in [0.1, 0.15) is 29.4 Å². The number of carbonyl (C=O) groups is 1. The Hall–Kier alpha value is -0.940. The largest absolute Gasteiger partial charge is 0.396 e. The molecule has 0 saturated heterocycles. The second-order valence-electron chi connectivity index (χ2n) is 2.96. The van der Waals surface area contributed by atoms with Gasteiger partial charge in [-0.1, -0.05) is 6.92 Å². The first kappa shape index (κ1) is 11.1. The first-order valence-electron chi connectivity index (χ1n) is 4.58. The zero-order valence-electron chi connectivity index (χ0n) is 8.06. The molecule has 0 bridgehead atoms. The molecule has 1 rings (SSSR count). The van der Waals surface area contributed by atoms with E-state index in [9.17, 15) is 4.79 Å². The Bertz CT molecular complexity index is 274. The maximum absolute atomic E-state index is 11.5. The minimum Gasteiger partial charge on any atom is -0.396 e. The van der Waals surface area contributed by atoms with Crippen LogP contribution in [0.4, 0.5) is 0 Å². The van der Waals surface area contributed by atoms with Crippen molar-refractivity contribution in [3.63, 3.8) is 0 Å². The number of aliphatic hydroxyl groups is 1. The number of nitrogens with one attached hydrogen (secondary N) is 1. The van der Waals surface area contributed by atoms with Crippen LogP contribution in [0.5, 0.6) is 0 Å². The van der Waals surface area contributed by atoms with Crippen molar-refractivity contribution >= 4 is 17.2 Å². The average molecular weight is 214 g/mol. The number of aliphatic hydroxyl groups excluding tert-OH is 1. The predicted octanol–water partition coefficient (Wildman–Crippen LogP) is 1.03. The van der Waals surface area contributed by atoms with Crippen LogP contribution in [-0.4, -0.2) is 28.6 Å². The summed E-state index contributed by atoms with van der Waals surface area (Å²) in [4.78, 5) is 16.0. The third kappa shape index (κ3) is 3.08. The number of rotatable bonds is 5. The molecule has 2 N–H and O–H groups in total. The summed E-state index contributed by atoms with van der Waals surface area (Å²) < 4.78 is 0. The second kappa shape index (κ2) is 5.72. The van der Waals surface area contributed by atoms with Crippen LogP contribution in [0.3, 0.4) is 0 Å². The lowest BCUT2D eigenvalue weighted by atomic mass is 10.1. The number of thiazole rings is 1. The van der Waals surface area contributed by atoms with Crippen LogP contribution in [-0.2, 0) is 0 Å². The van der Waals surface area contributed by atoms with Gasteiger partial charge in [0, 0.05) is 12.6 Å². The highest BCUT2D eigenvalue weighted by Crippen LogP contribution is 2.06. The molecule has 1 aromatic rings. The van der Waals surface area contributed by atoms with E-state index in [0.717, 1.165) is 6.42 Å². The highest BCUT2D eigenvalue weighted by atomic mass is 32.1. The molecular weight excluding hydrogens is 200 g/mol. The fraction of sp³-hybridized carbons (Fsp3) is 0.556. The zero-order valence-corrected chi connectivity index (χ0v) is 8.88. The quantitative estimate of drug-likeness (QED) is 0.769. The third-order valence-electron chi connectivity index (χ3n) is 1.96. The van der Waals surface area contributed by atoms with Gasteiger partial charge in [0.1, 0.15) is 4.88 Å². The molecule has 1 heterocycles. The maximum Gasteiger partial charge on any atom is 0.263 e. The van der Waals surface area contributed by atoms with Crippen LogP contribution < -0.4 is 5.32 Å². The summed E-state index contributed by atoms with van der Waals surface area (Å²) in [5.41, 5.74) is 1.63. The topological polar surface area (TPSA) is 62.2 Å². The van der Waals surface area contributed by atoms with Gasteiger partial charge in [0.05, 0.1) is 11.7 Å². The number of carbonyl (C=O) groups excluding carboxylic acids is 1. The summed E-state index contributed by atoms with van der Waals surface area (Å²) in [5, 5.41) is 11.6. The maximum atomic E-state index is 11.5. The Morgan fingerprint density at radius 3 is 3.07 bits per heavy atom. The predicted molar refractivity (Wildman–Crippen MR) is 55.4 cm³/mol. The van der Waals surface area contributed by atoms with E-state index in [2.05, 4.69) is 10.3 Å². The molecule has 0 saturated carbocycles. The van der Waals surface area contributed by atoms with Crippen LogP contribution in [0.2, 0.25) is 0 Å². The van der Waals surface area contributed by atoms with Gasteiger partial charge in [0.15, 0.2) is 0 Å². The van der Waals surface area contributed by atoms with Crippen molar-refractivity contribution in [2.24, 2.45) is 0 Å². The molecule has 0 aliphatic rings. The van der Waals surface area contributed by atoms with Gasteiger partial charge in [-0.05, 0) is 12.8 Å². The minimum atomic E-state index is -0.104. The minimum absolute atomic E-state index is 0.0506. The first-order valence-corrected chi connectivity index (χ1v) is 5.46. The number of amides is 1. The Kier molecular flexibility index (Phi) is 4.55. The van der Waals surface area contributed by atoms with E-state index in [1.807, 2.05) is 6.92 Å². The summed E-state index contributed by atoms with van der Waals surface area (Å²) in [6.07, 6.45) is 2.97. The summed E-state index contributed by atoms with van der Waals surface area (Å²) in [6, 6.07) is 0.0506. The van der Waals surface area contributed by atoms with Crippen LogP contribution in [0, 0.1) is 0 Å². The van der Waals surface area contributed by atoms with Crippen LogP contribution in [0.15, 0.2) is 11.7 Å². The van der Waals surface area contributed by atoms with Gasteiger partial charge in [-0.2, -0.15) is 0 Å². The second-order valence-corrected chi connectivity index (χ2v) is 3.84. The fourth-order valence-electron chi connectivity index (χ4n) is 1.12. The molecule has 1 unspecified atom stereocenters. The van der Waals surface area contributed by atoms with Crippen molar-refractivity contribution in [1.29, 1.82) is 0 Å². The molecule has 0 aliphatic carbocycles. The SMILES string of the molecule is CCC(CCO)NC(=O)c1cncs1. The lowest BCUT2D eigenvalue weighted by molar-refractivity contribution is 0.0933. The molecule has 0 spiro atoms. The molecule has 78 valence electrons. The van der Waals surface area contributed by atoms with E-state index in [1.54, 1.807) is 11.7 Å². The van der Waals surface area contributed by atoms with Crippen molar-refractivity contribution < 1.29 is 9.90 Å². The number of aromatic nitrogens is 1. The Morgan fingerprint density at radius 1 is 1.79 bits per heavy atom. The lowest BCUT2D eigenvalue weighted by Crippen LogP contribution is -2.34. The Balaban J connectivity index is 2.47. The van der Waals surface area contributed by atoms with Crippen molar-refractivity contribution in [2.45, 2.75) is 25.8 Å². The molecule has 1 atom stereocenters. The van der Waals surface area contributed by atoms with E-state index in [0.29, 0.717) is 11.3 Å². The number of hydrogen-bond donors (Lipinski definition) is 2. The van der Waals surface area contributed by atoms with E-state index < -0.39 is 0 Å². The van der Waals surface area contributed by atoms with E-state index in [-0.39, 0.29) is 18.6 Å². The highest BCUT2D eigenvalue weighted by molar-refractivity contribution is 7.11. The Labute approximate surface area is 87.0 Å².